The van der Waals surface area contributed by atoms with Gasteiger partial charge in [0, 0.05) is 12.6 Å². The van der Waals surface area contributed by atoms with Crippen LogP contribution < -0.4 is 4.74 Å². The summed E-state index contributed by atoms with van der Waals surface area (Å²) >= 11 is 0. The van der Waals surface area contributed by atoms with E-state index in [-0.39, 0.29) is 11.9 Å². The Morgan fingerprint density at radius 2 is 2.25 bits per heavy atom. The van der Waals surface area contributed by atoms with E-state index in [0.29, 0.717) is 0 Å². The summed E-state index contributed by atoms with van der Waals surface area (Å²) in [7, 11) is 1.66. The summed E-state index contributed by atoms with van der Waals surface area (Å²) in [6.07, 6.45) is 9.27. The molecule has 0 aliphatic carbocycles. The Labute approximate surface area is 120 Å². The Kier molecular flexibility index (Phi) is 4.99. The van der Waals surface area contributed by atoms with Gasteiger partial charge in [0.25, 0.3) is 0 Å². The predicted octanol–water partition coefficient (Wildman–Crippen LogP) is 3.49. The Morgan fingerprint density at radius 1 is 1.40 bits per heavy atom. The third-order valence-corrected chi connectivity index (χ3v) is 3.56. The first-order valence-corrected chi connectivity index (χ1v) is 7.00. The fraction of sp³-hybridized carbons (Fsp3) is 0.353. The molecule has 0 aromatic heterocycles. The van der Waals surface area contributed by atoms with Crippen LogP contribution in [0.4, 0.5) is 0 Å². The zero-order valence-corrected chi connectivity index (χ0v) is 12.1. The molecule has 0 unspecified atom stereocenters. The van der Waals surface area contributed by atoms with Gasteiger partial charge in [-0.25, -0.2) is 0 Å². The maximum absolute atomic E-state index is 12.2. The molecule has 2 rings (SSSR count). The molecule has 1 amide bonds. The Bertz CT molecular complexity index is 519. The van der Waals surface area contributed by atoms with Gasteiger partial charge in [0.05, 0.1) is 13.2 Å². The zero-order chi connectivity index (χ0) is 14.4. The van der Waals surface area contributed by atoms with Gasteiger partial charge in [-0.3, -0.25) is 4.79 Å². The molecular weight excluding hydrogens is 250 g/mol. The first-order valence-electron chi connectivity index (χ1n) is 7.00. The lowest BCUT2D eigenvalue weighted by Crippen LogP contribution is -2.28. The van der Waals surface area contributed by atoms with Crippen LogP contribution in [0.15, 0.2) is 48.6 Å². The van der Waals surface area contributed by atoms with Crippen LogP contribution in [0.3, 0.4) is 0 Å². The van der Waals surface area contributed by atoms with Gasteiger partial charge in [0.15, 0.2) is 0 Å². The van der Waals surface area contributed by atoms with Crippen LogP contribution in [0, 0.1) is 0 Å². The number of carbonyl (C=O) groups excluding carboxylic acids is 1. The number of rotatable bonds is 4. The number of benzene rings is 1. The van der Waals surface area contributed by atoms with E-state index in [1.807, 2.05) is 42.2 Å². The average Bonchev–Trinajstić information content (AvgIpc) is 2.97. The summed E-state index contributed by atoms with van der Waals surface area (Å²) in [5, 5.41) is 0. The first kappa shape index (κ1) is 14.4. The molecule has 0 bridgehead atoms. The third kappa shape index (κ3) is 3.29. The van der Waals surface area contributed by atoms with Crippen molar-refractivity contribution in [2.45, 2.75) is 25.8 Å². The molecule has 0 saturated carbocycles. The van der Waals surface area contributed by atoms with Crippen molar-refractivity contribution in [3.8, 4) is 5.75 Å². The second kappa shape index (κ2) is 6.94. The first-order chi connectivity index (χ1) is 9.76. The van der Waals surface area contributed by atoms with Crippen molar-refractivity contribution in [3.05, 3.63) is 54.1 Å². The van der Waals surface area contributed by atoms with E-state index in [2.05, 4.69) is 6.07 Å². The summed E-state index contributed by atoms with van der Waals surface area (Å²) in [6.45, 7) is 2.75. The summed E-state index contributed by atoms with van der Waals surface area (Å²) in [6, 6.07) is 8.15. The van der Waals surface area contributed by atoms with Crippen LogP contribution in [-0.4, -0.2) is 24.5 Å². The Balaban J connectivity index is 2.16. The van der Waals surface area contributed by atoms with Crippen LogP contribution in [0.1, 0.15) is 31.4 Å². The molecule has 1 aromatic rings. The SMILES string of the molecule is C/C=C/C=C/C(=O)N1CCC[C@@H]1c1cccc(OC)c1. The fourth-order valence-electron chi connectivity index (χ4n) is 2.57. The van der Waals surface area contributed by atoms with Gasteiger partial charge in [-0.05, 0) is 37.5 Å². The highest BCUT2D eigenvalue weighted by Gasteiger charge is 2.28. The molecule has 1 fully saturated rings. The average molecular weight is 271 g/mol. The number of likely N-dealkylation sites (tertiary alicyclic amines) is 1. The minimum absolute atomic E-state index is 0.0772. The van der Waals surface area contributed by atoms with E-state index in [1.54, 1.807) is 19.3 Å². The van der Waals surface area contributed by atoms with Gasteiger partial charge < -0.3 is 9.64 Å². The number of allylic oxidation sites excluding steroid dienone is 3. The lowest BCUT2D eigenvalue weighted by atomic mass is 10.0. The highest BCUT2D eigenvalue weighted by Crippen LogP contribution is 2.33. The van der Waals surface area contributed by atoms with Crippen molar-refractivity contribution in [3.63, 3.8) is 0 Å². The number of hydrogen-bond acceptors (Lipinski definition) is 2. The van der Waals surface area contributed by atoms with Crippen molar-refractivity contribution < 1.29 is 9.53 Å². The lowest BCUT2D eigenvalue weighted by Gasteiger charge is -2.24. The summed E-state index contributed by atoms with van der Waals surface area (Å²) in [5.41, 5.74) is 1.15. The Morgan fingerprint density at radius 3 is 3.00 bits per heavy atom. The van der Waals surface area contributed by atoms with Gasteiger partial charge in [-0.15, -0.1) is 0 Å². The highest BCUT2D eigenvalue weighted by atomic mass is 16.5. The second-order valence-electron chi connectivity index (χ2n) is 4.85. The van der Waals surface area contributed by atoms with E-state index in [0.717, 1.165) is 30.7 Å². The summed E-state index contributed by atoms with van der Waals surface area (Å²) in [4.78, 5) is 14.2. The lowest BCUT2D eigenvalue weighted by molar-refractivity contribution is -0.126. The number of methoxy groups -OCH3 is 1. The summed E-state index contributed by atoms with van der Waals surface area (Å²) in [5.74, 6) is 0.916. The van der Waals surface area contributed by atoms with Crippen LogP contribution in [0.5, 0.6) is 5.75 Å². The number of hydrogen-bond donors (Lipinski definition) is 0. The monoisotopic (exact) mass is 271 g/mol. The smallest absolute Gasteiger partial charge is 0.247 e. The zero-order valence-electron chi connectivity index (χ0n) is 12.1. The van der Waals surface area contributed by atoms with Crippen molar-refractivity contribution in [2.24, 2.45) is 0 Å². The van der Waals surface area contributed by atoms with Crippen molar-refractivity contribution >= 4 is 5.91 Å². The standard InChI is InChI=1S/C17H21NO2/c1-3-4-5-11-17(19)18-12-7-10-16(18)14-8-6-9-15(13-14)20-2/h3-6,8-9,11,13,16H,7,10,12H2,1-2H3/b4-3+,11-5+/t16-/m1/s1. The molecule has 1 saturated heterocycles. The minimum atomic E-state index is 0.0772. The van der Waals surface area contributed by atoms with E-state index >= 15 is 0 Å². The predicted molar refractivity (Wildman–Crippen MR) is 80.6 cm³/mol. The van der Waals surface area contributed by atoms with Crippen LogP contribution in [-0.2, 0) is 4.79 Å². The molecule has 106 valence electrons. The summed E-state index contributed by atoms with van der Waals surface area (Å²) < 4.78 is 5.26. The van der Waals surface area contributed by atoms with Crippen LogP contribution >= 0.6 is 0 Å². The molecule has 1 atom stereocenters. The molecule has 0 N–H and O–H groups in total. The number of ether oxygens (including phenoxy) is 1. The number of carbonyl (C=O) groups is 1. The normalized spacial score (nSPS) is 19.1. The maximum atomic E-state index is 12.2. The van der Waals surface area contributed by atoms with Gasteiger partial charge in [0.2, 0.25) is 5.91 Å². The van der Waals surface area contributed by atoms with Crippen molar-refractivity contribution in [1.82, 2.24) is 4.90 Å². The minimum Gasteiger partial charge on any atom is -0.497 e. The third-order valence-electron chi connectivity index (χ3n) is 3.56. The van der Waals surface area contributed by atoms with E-state index in [4.69, 9.17) is 4.74 Å². The van der Waals surface area contributed by atoms with Gasteiger partial charge in [-0.1, -0.05) is 30.4 Å². The molecular formula is C17H21NO2. The van der Waals surface area contributed by atoms with E-state index in [1.165, 1.54) is 0 Å². The molecule has 1 aliphatic heterocycles. The van der Waals surface area contributed by atoms with Gasteiger partial charge in [-0.2, -0.15) is 0 Å². The highest BCUT2D eigenvalue weighted by molar-refractivity contribution is 5.88. The second-order valence-corrected chi connectivity index (χ2v) is 4.85. The van der Waals surface area contributed by atoms with E-state index < -0.39 is 0 Å². The number of nitrogens with zero attached hydrogens (tertiary/aromatic N) is 1. The molecule has 1 heterocycles. The van der Waals surface area contributed by atoms with Crippen molar-refractivity contribution in [1.29, 1.82) is 0 Å². The molecule has 0 spiro atoms. The molecule has 1 aliphatic rings. The Hall–Kier alpha value is -2.03. The van der Waals surface area contributed by atoms with Crippen LogP contribution in [0.25, 0.3) is 0 Å². The van der Waals surface area contributed by atoms with Crippen LogP contribution in [0.2, 0.25) is 0 Å². The van der Waals surface area contributed by atoms with Gasteiger partial charge >= 0.3 is 0 Å². The number of amides is 1. The fourth-order valence-corrected chi connectivity index (χ4v) is 2.57. The van der Waals surface area contributed by atoms with Gasteiger partial charge in [0.1, 0.15) is 5.75 Å². The topological polar surface area (TPSA) is 29.5 Å². The van der Waals surface area contributed by atoms with Crippen molar-refractivity contribution in [2.75, 3.05) is 13.7 Å². The quantitative estimate of drug-likeness (QED) is 0.619. The molecule has 0 radical (unpaired) electrons. The maximum Gasteiger partial charge on any atom is 0.247 e. The largest absolute Gasteiger partial charge is 0.497 e. The molecule has 1 aromatic carbocycles. The van der Waals surface area contributed by atoms with E-state index in [9.17, 15) is 4.79 Å². The molecule has 3 heteroatoms. The molecule has 20 heavy (non-hydrogen) atoms. The molecule has 3 nitrogen and oxygen atoms in total.